The molecule has 5 atom stereocenters. The Kier molecular flexibility index (Phi) is 8.64. The van der Waals surface area contributed by atoms with Gasteiger partial charge < -0.3 is 19.8 Å². The van der Waals surface area contributed by atoms with Crippen molar-refractivity contribution in [2.24, 2.45) is 11.8 Å². The van der Waals surface area contributed by atoms with Crippen molar-refractivity contribution in [3.63, 3.8) is 0 Å². The van der Waals surface area contributed by atoms with E-state index in [1.54, 1.807) is 44.7 Å². The first-order chi connectivity index (χ1) is 19.8. The van der Waals surface area contributed by atoms with Gasteiger partial charge in [0.1, 0.15) is 6.04 Å². The number of likely N-dealkylation sites (tertiary alicyclic amines) is 1. The van der Waals surface area contributed by atoms with Crippen molar-refractivity contribution < 1.29 is 19.5 Å². The number of hydrogen-bond acceptors (Lipinski definition) is 5. The van der Waals surface area contributed by atoms with E-state index in [9.17, 15) is 19.5 Å². The number of fused-ring (bicyclic) bond motifs is 1. The summed E-state index contributed by atoms with van der Waals surface area (Å²) < 4.78 is -0.750. The zero-order valence-corrected chi connectivity index (χ0v) is 24.8. The molecule has 0 aliphatic carbocycles. The number of nitrogens with zero attached hydrogens (tertiary/aromatic N) is 3. The van der Waals surface area contributed by atoms with Crippen LogP contribution in [0.3, 0.4) is 0 Å². The Morgan fingerprint density at radius 3 is 2.46 bits per heavy atom. The summed E-state index contributed by atoms with van der Waals surface area (Å²) >= 11 is 8.26. The molecule has 3 aliphatic rings. The maximum atomic E-state index is 14.7. The molecule has 2 unspecified atom stereocenters. The number of aryl methyl sites for hydroxylation is 1. The Balaban J connectivity index is 1.57. The summed E-state index contributed by atoms with van der Waals surface area (Å²) in [4.78, 5) is 48.2. The number of aliphatic hydroxyl groups excluding tert-OH is 1. The molecule has 2 bridgehead atoms. The van der Waals surface area contributed by atoms with Gasteiger partial charge in [0, 0.05) is 37.2 Å². The number of amides is 3. The molecule has 3 heterocycles. The smallest absolute Gasteiger partial charge is 0.251 e. The first-order valence-electron chi connectivity index (χ1n) is 14.0. The zero-order valence-electron chi connectivity index (χ0n) is 23.2. The maximum Gasteiger partial charge on any atom is 0.251 e. The molecule has 9 heteroatoms. The number of benzene rings is 2. The lowest BCUT2D eigenvalue weighted by atomic mass is 9.70. The minimum Gasteiger partial charge on any atom is -0.396 e. The van der Waals surface area contributed by atoms with E-state index < -0.39 is 22.6 Å². The monoisotopic (exact) mass is 593 g/mol. The SMILES string of the molecule is C=CCN(C(=O)[C@@H]1[C@H]2C(=O)N(CCCO)C(C(=O)N(CC=C)c3c(C)cccc3Cl)C23CC[C@H]1S3)c1ccccc1. The third-order valence-electron chi connectivity index (χ3n) is 8.56. The van der Waals surface area contributed by atoms with Gasteiger partial charge in [-0.25, -0.2) is 0 Å². The van der Waals surface area contributed by atoms with Gasteiger partial charge in [-0.2, -0.15) is 0 Å². The molecule has 3 aliphatic heterocycles. The van der Waals surface area contributed by atoms with Crippen molar-refractivity contribution in [1.29, 1.82) is 0 Å². The van der Waals surface area contributed by atoms with E-state index in [-0.39, 0.29) is 42.7 Å². The highest BCUT2D eigenvalue weighted by molar-refractivity contribution is 8.02. The minimum atomic E-state index is -0.792. The van der Waals surface area contributed by atoms with E-state index in [1.807, 2.05) is 49.4 Å². The van der Waals surface area contributed by atoms with Crippen LogP contribution in [0.1, 0.15) is 24.8 Å². The summed E-state index contributed by atoms with van der Waals surface area (Å²) in [6.45, 7) is 10.3. The number of aliphatic hydroxyl groups is 1. The first kappa shape index (κ1) is 29.4. The zero-order chi connectivity index (χ0) is 29.3. The summed E-state index contributed by atoms with van der Waals surface area (Å²) in [6, 6.07) is 14.1. The predicted octanol–water partition coefficient (Wildman–Crippen LogP) is 4.86. The normalized spacial score (nSPS) is 26.1. The maximum absolute atomic E-state index is 14.7. The van der Waals surface area contributed by atoms with Crippen LogP contribution in [-0.4, -0.2) is 70.0 Å². The number of carbonyl (C=O) groups excluding carboxylic acids is 3. The lowest BCUT2D eigenvalue weighted by Gasteiger charge is -2.38. The highest BCUT2D eigenvalue weighted by Crippen LogP contribution is 2.67. The van der Waals surface area contributed by atoms with Crippen LogP contribution in [-0.2, 0) is 14.4 Å². The molecule has 7 nitrogen and oxygen atoms in total. The second-order valence-corrected chi connectivity index (χ2v) is 12.9. The van der Waals surface area contributed by atoms with Gasteiger partial charge in [0.2, 0.25) is 11.8 Å². The molecule has 2 aromatic carbocycles. The van der Waals surface area contributed by atoms with Crippen LogP contribution in [0, 0.1) is 18.8 Å². The molecule has 1 N–H and O–H groups in total. The molecule has 41 heavy (non-hydrogen) atoms. The number of halogens is 1. The van der Waals surface area contributed by atoms with Crippen molar-refractivity contribution in [2.75, 3.05) is 36.0 Å². The van der Waals surface area contributed by atoms with Gasteiger partial charge in [-0.1, -0.05) is 54.1 Å². The lowest BCUT2D eigenvalue weighted by molar-refractivity contribution is -0.139. The van der Waals surface area contributed by atoms with Crippen LogP contribution in [0.2, 0.25) is 5.02 Å². The van der Waals surface area contributed by atoms with E-state index in [1.165, 1.54) is 0 Å². The molecular formula is C32H36ClN3O4S. The summed E-state index contributed by atoms with van der Waals surface area (Å²) in [7, 11) is 0. The lowest BCUT2D eigenvalue weighted by Crippen LogP contribution is -2.55. The number of anilines is 2. The third-order valence-corrected chi connectivity index (χ3v) is 10.8. The molecule has 3 amide bonds. The molecule has 0 saturated carbocycles. The Bertz CT molecular complexity index is 1330. The van der Waals surface area contributed by atoms with Gasteiger partial charge >= 0.3 is 0 Å². The predicted molar refractivity (Wildman–Crippen MR) is 165 cm³/mol. The number of rotatable bonds is 11. The molecule has 3 saturated heterocycles. The van der Waals surface area contributed by atoms with Gasteiger partial charge in [-0.3, -0.25) is 14.4 Å². The number of para-hydroxylation sites is 2. The van der Waals surface area contributed by atoms with Gasteiger partial charge in [0.05, 0.1) is 27.3 Å². The van der Waals surface area contributed by atoms with Crippen LogP contribution < -0.4 is 9.80 Å². The first-order valence-corrected chi connectivity index (χ1v) is 15.3. The second kappa shape index (κ2) is 12.0. The second-order valence-electron chi connectivity index (χ2n) is 10.9. The van der Waals surface area contributed by atoms with E-state index in [2.05, 4.69) is 13.2 Å². The molecule has 2 aromatic rings. The molecule has 0 radical (unpaired) electrons. The van der Waals surface area contributed by atoms with E-state index in [0.717, 1.165) is 17.7 Å². The molecule has 0 aromatic heterocycles. The van der Waals surface area contributed by atoms with Crippen LogP contribution in [0.25, 0.3) is 0 Å². The van der Waals surface area contributed by atoms with Crippen LogP contribution in [0.15, 0.2) is 73.8 Å². The standard InChI is InChI=1S/C32H36ClN3O4S/c1-4-17-34(22-12-7-6-8-13-22)29(38)25-24-15-16-32(41-24)26(25)30(39)36(19-10-20-37)28(32)31(40)35(18-5-2)27-21(3)11-9-14-23(27)33/h4-9,11-14,24-26,28,37H,1-2,10,15-20H2,3H3/t24-,25+,26+,28?,32?/m1/s1. The van der Waals surface area contributed by atoms with Crippen molar-refractivity contribution in [3.05, 3.63) is 84.4 Å². The molecule has 5 rings (SSSR count). The fourth-order valence-electron chi connectivity index (χ4n) is 6.97. The number of carbonyl (C=O) groups is 3. The Hall–Kier alpha value is -3.07. The quantitative estimate of drug-likeness (QED) is 0.376. The van der Waals surface area contributed by atoms with Crippen LogP contribution >= 0.6 is 23.4 Å². The summed E-state index contributed by atoms with van der Waals surface area (Å²) in [5.74, 6) is -1.74. The highest BCUT2D eigenvalue weighted by atomic mass is 35.5. The molecule has 3 fully saturated rings. The van der Waals surface area contributed by atoms with Gasteiger partial charge in [-0.15, -0.1) is 24.9 Å². The average molecular weight is 594 g/mol. The van der Waals surface area contributed by atoms with E-state index in [4.69, 9.17) is 11.6 Å². The van der Waals surface area contributed by atoms with Crippen molar-refractivity contribution in [1.82, 2.24) is 4.90 Å². The molecule has 216 valence electrons. The number of hydrogen-bond donors (Lipinski definition) is 1. The van der Waals surface area contributed by atoms with Gasteiger partial charge in [-0.05, 0) is 49.9 Å². The Morgan fingerprint density at radius 2 is 1.80 bits per heavy atom. The number of thioether (sulfide) groups is 1. The Morgan fingerprint density at radius 1 is 1.10 bits per heavy atom. The van der Waals surface area contributed by atoms with Gasteiger partial charge in [0.15, 0.2) is 0 Å². The van der Waals surface area contributed by atoms with Crippen molar-refractivity contribution in [3.8, 4) is 0 Å². The highest BCUT2D eigenvalue weighted by Gasteiger charge is 2.74. The fraction of sp³-hybridized carbons (Fsp3) is 0.406. The summed E-state index contributed by atoms with van der Waals surface area (Å²) in [5, 5.41) is 10.0. The topological polar surface area (TPSA) is 81.2 Å². The van der Waals surface area contributed by atoms with Crippen molar-refractivity contribution in [2.45, 2.75) is 42.2 Å². The Labute approximate surface area is 250 Å². The van der Waals surface area contributed by atoms with E-state index in [0.29, 0.717) is 30.1 Å². The largest absolute Gasteiger partial charge is 0.396 e. The van der Waals surface area contributed by atoms with E-state index >= 15 is 0 Å². The fourth-order valence-corrected chi connectivity index (χ4v) is 9.50. The third kappa shape index (κ3) is 4.90. The minimum absolute atomic E-state index is 0.0716. The van der Waals surface area contributed by atoms with Crippen molar-refractivity contribution >= 4 is 52.5 Å². The van der Waals surface area contributed by atoms with Gasteiger partial charge in [0.25, 0.3) is 5.91 Å². The average Bonchev–Trinajstić information content (AvgIpc) is 3.61. The summed E-state index contributed by atoms with van der Waals surface area (Å²) in [6.07, 6.45) is 5.08. The molecule has 1 spiro atoms. The van der Waals surface area contributed by atoms with Crippen LogP contribution in [0.5, 0.6) is 0 Å². The summed E-state index contributed by atoms with van der Waals surface area (Å²) in [5.41, 5.74) is 2.19. The molecular weight excluding hydrogens is 558 g/mol. The van der Waals surface area contributed by atoms with Crippen LogP contribution in [0.4, 0.5) is 11.4 Å².